The molecule has 25 heavy (non-hydrogen) atoms. The van der Waals surface area contributed by atoms with Crippen molar-refractivity contribution in [3.05, 3.63) is 64.7 Å². The Hall–Kier alpha value is -2.00. The fourth-order valence-electron chi connectivity index (χ4n) is 2.56. The molecule has 0 atom stereocenters. The smallest absolute Gasteiger partial charge is 0.220 e. The summed E-state index contributed by atoms with van der Waals surface area (Å²) < 4.78 is 5.63. The van der Waals surface area contributed by atoms with Gasteiger partial charge in [0, 0.05) is 18.0 Å². The lowest BCUT2D eigenvalue weighted by molar-refractivity contribution is -0.121. The number of rotatable bonds is 9. The van der Waals surface area contributed by atoms with Gasteiger partial charge in [-0.2, -0.15) is 0 Å². The molecule has 0 aliphatic carbocycles. The topological polar surface area (TPSA) is 38.3 Å². The Balaban J connectivity index is 1.63. The summed E-state index contributed by atoms with van der Waals surface area (Å²) in [6, 6.07) is 15.8. The first-order chi connectivity index (χ1) is 12.0. The molecule has 2 rings (SSSR count). The first-order valence-corrected chi connectivity index (χ1v) is 9.18. The van der Waals surface area contributed by atoms with Crippen LogP contribution in [0.1, 0.15) is 37.8 Å². The Morgan fingerprint density at radius 3 is 2.48 bits per heavy atom. The number of carbonyl (C=O) groups excluding carboxylic acids is 1. The van der Waals surface area contributed by atoms with Crippen LogP contribution in [0.5, 0.6) is 5.75 Å². The molecule has 0 aliphatic heterocycles. The molecule has 1 amide bonds. The van der Waals surface area contributed by atoms with Crippen LogP contribution < -0.4 is 10.1 Å². The van der Waals surface area contributed by atoms with Gasteiger partial charge in [-0.1, -0.05) is 41.9 Å². The lowest BCUT2D eigenvalue weighted by Crippen LogP contribution is -2.25. The van der Waals surface area contributed by atoms with E-state index in [1.165, 1.54) is 5.56 Å². The monoisotopic (exact) mass is 359 g/mol. The predicted molar refractivity (Wildman–Crippen MR) is 103 cm³/mol. The van der Waals surface area contributed by atoms with Crippen LogP contribution in [-0.4, -0.2) is 18.6 Å². The highest BCUT2D eigenvalue weighted by Crippen LogP contribution is 2.16. The van der Waals surface area contributed by atoms with Gasteiger partial charge in [0.25, 0.3) is 0 Å². The highest BCUT2D eigenvalue weighted by Gasteiger charge is 2.04. The van der Waals surface area contributed by atoms with E-state index >= 15 is 0 Å². The zero-order chi connectivity index (χ0) is 18.1. The molecule has 0 fully saturated rings. The van der Waals surface area contributed by atoms with Crippen molar-refractivity contribution in [3.63, 3.8) is 0 Å². The minimum atomic E-state index is 0.0700. The number of hydrogen-bond acceptors (Lipinski definition) is 2. The maximum atomic E-state index is 11.9. The van der Waals surface area contributed by atoms with E-state index in [2.05, 4.69) is 17.4 Å². The van der Waals surface area contributed by atoms with Gasteiger partial charge < -0.3 is 10.1 Å². The van der Waals surface area contributed by atoms with Crippen LogP contribution in [-0.2, 0) is 17.6 Å². The van der Waals surface area contributed by atoms with Crippen molar-refractivity contribution in [3.8, 4) is 5.75 Å². The number of ether oxygens (including phenoxy) is 1. The van der Waals surface area contributed by atoms with Gasteiger partial charge in [-0.05, 0) is 62.4 Å². The van der Waals surface area contributed by atoms with Crippen molar-refractivity contribution in [2.45, 2.75) is 45.6 Å². The second-order valence-electron chi connectivity index (χ2n) is 6.36. The minimum absolute atomic E-state index is 0.0700. The summed E-state index contributed by atoms with van der Waals surface area (Å²) in [5.41, 5.74) is 2.27. The highest BCUT2D eigenvalue weighted by atomic mass is 35.5. The number of aryl methyl sites for hydroxylation is 2. The minimum Gasteiger partial charge on any atom is -0.491 e. The fourth-order valence-corrected chi connectivity index (χ4v) is 2.80. The summed E-state index contributed by atoms with van der Waals surface area (Å²) in [6.45, 7) is 4.72. The lowest BCUT2D eigenvalue weighted by atomic mass is 10.1. The molecule has 0 spiro atoms. The van der Waals surface area contributed by atoms with Crippen LogP contribution in [0.4, 0.5) is 0 Å². The van der Waals surface area contributed by atoms with Crippen LogP contribution in [0, 0.1) is 0 Å². The molecule has 2 aromatic carbocycles. The van der Waals surface area contributed by atoms with Gasteiger partial charge >= 0.3 is 0 Å². The van der Waals surface area contributed by atoms with E-state index < -0.39 is 0 Å². The van der Waals surface area contributed by atoms with Crippen molar-refractivity contribution in [1.29, 1.82) is 0 Å². The molecule has 0 aromatic heterocycles. The van der Waals surface area contributed by atoms with Gasteiger partial charge in [-0.25, -0.2) is 0 Å². The Morgan fingerprint density at radius 1 is 1.08 bits per heavy atom. The van der Waals surface area contributed by atoms with Gasteiger partial charge in [0.05, 0.1) is 6.10 Å². The SMILES string of the molecule is CC(C)Oc1ccc(CCCNC(=O)CCc2ccccc2Cl)cc1. The standard InChI is InChI=1S/C21H26ClNO2/c1-16(2)25-19-12-9-17(10-13-19)6-5-15-23-21(24)14-11-18-7-3-4-8-20(18)22/h3-4,7-10,12-13,16H,5-6,11,14-15H2,1-2H3,(H,23,24). The van der Waals surface area contributed by atoms with Crippen molar-refractivity contribution in [2.24, 2.45) is 0 Å². The fraction of sp³-hybridized carbons (Fsp3) is 0.381. The maximum Gasteiger partial charge on any atom is 0.220 e. The third-order valence-electron chi connectivity index (χ3n) is 3.84. The molecule has 2 aromatic rings. The Kier molecular flexibility index (Phi) is 7.80. The first kappa shape index (κ1) is 19.3. The normalized spacial score (nSPS) is 10.7. The van der Waals surface area contributed by atoms with Gasteiger partial charge in [0.1, 0.15) is 5.75 Å². The number of hydrogen-bond donors (Lipinski definition) is 1. The zero-order valence-electron chi connectivity index (χ0n) is 14.9. The Morgan fingerprint density at radius 2 is 1.80 bits per heavy atom. The van der Waals surface area contributed by atoms with Gasteiger partial charge in [0.15, 0.2) is 0 Å². The molecule has 0 saturated heterocycles. The molecule has 0 saturated carbocycles. The predicted octanol–water partition coefficient (Wildman–Crippen LogP) is 4.81. The van der Waals surface area contributed by atoms with Crippen LogP contribution in [0.3, 0.4) is 0 Å². The van der Waals surface area contributed by atoms with Crippen LogP contribution in [0.25, 0.3) is 0 Å². The number of benzene rings is 2. The molecule has 0 heterocycles. The average molecular weight is 360 g/mol. The number of nitrogens with one attached hydrogen (secondary N) is 1. The van der Waals surface area contributed by atoms with Crippen molar-refractivity contribution >= 4 is 17.5 Å². The summed E-state index contributed by atoms with van der Waals surface area (Å²) in [6.07, 6.45) is 3.18. The molecule has 3 nitrogen and oxygen atoms in total. The second kappa shape index (κ2) is 10.1. The Labute approximate surface area is 155 Å². The summed E-state index contributed by atoms with van der Waals surface area (Å²) in [4.78, 5) is 11.9. The summed E-state index contributed by atoms with van der Waals surface area (Å²) in [5, 5.41) is 3.70. The van der Waals surface area contributed by atoms with E-state index in [1.807, 2.05) is 50.2 Å². The third kappa shape index (κ3) is 7.18. The van der Waals surface area contributed by atoms with E-state index in [1.54, 1.807) is 0 Å². The zero-order valence-corrected chi connectivity index (χ0v) is 15.7. The maximum absolute atomic E-state index is 11.9. The number of amides is 1. The molecule has 0 unspecified atom stereocenters. The van der Waals surface area contributed by atoms with Gasteiger partial charge in [-0.15, -0.1) is 0 Å². The van der Waals surface area contributed by atoms with Gasteiger partial charge in [0.2, 0.25) is 5.91 Å². The molecule has 4 heteroatoms. The van der Waals surface area contributed by atoms with Crippen molar-refractivity contribution in [1.82, 2.24) is 5.32 Å². The highest BCUT2D eigenvalue weighted by molar-refractivity contribution is 6.31. The Bertz CT molecular complexity index is 668. The van der Waals surface area contributed by atoms with E-state index in [0.29, 0.717) is 19.4 Å². The van der Waals surface area contributed by atoms with E-state index in [4.69, 9.17) is 16.3 Å². The largest absolute Gasteiger partial charge is 0.491 e. The lowest BCUT2D eigenvalue weighted by Gasteiger charge is -2.10. The third-order valence-corrected chi connectivity index (χ3v) is 4.21. The summed E-state index contributed by atoms with van der Waals surface area (Å²) >= 11 is 6.10. The summed E-state index contributed by atoms with van der Waals surface area (Å²) in [5.74, 6) is 0.965. The van der Waals surface area contributed by atoms with E-state index in [0.717, 1.165) is 29.2 Å². The molecular formula is C21H26ClNO2. The molecule has 1 N–H and O–H groups in total. The van der Waals surface area contributed by atoms with E-state index in [-0.39, 0.29) is 12.0 Å². The molecule has 134 valence electrons. The number of halogens is 1. The molecule has 0 aliphatic rings. The van der Waals surface area contributed by atoms with Crippen molar-refractivity contribution < 1.29 is 9.53 Å². The first-order valence-electron chi connectivity index (χ1n) is 8.80. The molecule has 0 radical (unpaired) electrons. The number of carbonyl (C=O) groups is 1. The average Bonchev–Trinajstić information content (AvgIpc) is 2.59. The van der Waals surface area contributed by atoms with Gasteiger partial charge in [-0.3, -0.25) is 4.79 Å². The summed E-state index contributed by atoms with van der Waals surface area (Å²) in [7, 11) is 0. The van der Waals surface area contributed by atoms with Crippen LogP contribution in [0.2, 0.25) is 5.02 Å². The van der Waals surface area contributed by atoms with Crippen LogP contribution in [0.15, 0.2) is 48.5 Å². The molecule has 0 bridgehead atoms. The molecular weight excluding hydrogens is 334 g/mol. The van der Waals surface area contributed by atoms with E-state index in [9.17, 15) is 4.79 Å². The van der Waals surface area contributed by atoms with Crippen molar-refractivity contribution in [2.75, 3.05) is 6.54 Å². The second-order valence-corrected chi connectivity index (χ2v) is 6.76. The van der Waals surface area contributed by atoms with Crippen LogP contribution >= 0.6 is 11.6 Å². The quantitative estimate of drug-likeness (QED) is 0.652.